The van der Waals surface area contributed by atoms with Crippen LogP contribution in [0.3, 0.4) is 0 Å². The smallest absolute Gasteiger partial charge is 0.220 e. The van der Waals surface area contributed by atoms with Crippen molar-refractivity contribution in [3.05, 3.63) is 24.2 Å². The number of amides is 1. The molecule has 1 aromatic heterocycles. The summed E-state index contributed by atoms with van der Waals surface area (Å²) in [6.07, 6.45) is 4.74. The summed E-state index contributed by atoms with van der Waals surface area (Å²) in [5.41, 5.74) is 6.64. The predicted molar refractivity (Wildman–Crippen MR) is 67.2 cm³/mol. The van der Waals surface area contributed by atoms with E-state index in [0.717, 1.165) is 12.0 Å². The van der Waals surface area contributed by atoms with Crippen LogP contribution in [0, 0.1) is 11.8 Å². The van der Waals surface area contributed by atoms with Crippen molar-refractivity contribution in [2.75, 3.05) is 6.54 Å². The van der Waals surface area contributed by atoms with Gasteiger partial charge in [-0.3, -0.25) is 4.79 Å². The van der Waals surface area contributed by atoms with Crippen molar-refractivity contribution < 1.29 is 9.21 Å². The van der Waals surface area contributed by atoms with E-state index in [4.69, 9.17) is 10.2 Å². The molecule has 0 aliphatic carbocycles. The molecule has 0 aliphatic rings. The molecule has 0 radical (unpaired) electrons. The van der Waals surface area contributed by atoms with E-state index >= 15 is 0 Å². The first-order valence-electron chi connectivity index (χ1n) is 6.09. The average molecular weight is 238 g/mol. The highest BCUT2D eigenvalue weighted by atomic mass is 16.3. The summed E-state index contributed by atoms with van der Waals surface area (Å²) in [6.45, 7) is 5.38. The van der Waals surface area contributed by atoms with E-state index in [9.17, 15) is 4.79 Å². The molecular formula is C13H22N2O2. The minimum Gasteiger partial charge on any atom is -0.472 e. The van der Waals surface area contributed by atoms with Gasteiger partial charge in [-0.25, -0.2) is 0 Å². The molecule has 0 fully saturated rings. The van der Waals surface area contributed by atoms with Crippen molar-refractivity contribution in [1.29, 1.82) is 0 Å². The molecule has 0 spiro atoms. The van der Waals surface area contributed by atoms with E-state index in [1.807, 2.05) is 6.07 Å². The van der Waals surface area contributed by atoms with Gasteiger partial charge in [0.05, 0.1) is 12.5 Å². The normalized spacial score (nSPS) is 12.7. The summed E-state index contributed by atoms with van der Waals surface area (Å²) in [7, 11) is 0. The molecule has 0 saturated heterocycles. The Kier molecular flexibility index (Phi) is 5.77. The molecule has 0 aromatic carbocycles. The fourth-order valence-corrected chi connectivity index (χ4v) is 1.86. The molecule has 3 N–H and O–H groups in total. The Bertz CT molecular complexity index is 320. The van der Waals surface area contributed by atoms with Crippen LogP contribution in [-0.4, -0.2) is 12.5 Å². The van der Waals surface area contributed by atoms with Crippen molar-refractivity contribution in [2.45, 2.75) is 33.2 Å². The van der Waals surface area contributed by atoms with Gasteiger partial charge in [0.2, 0.25) is 5.91 Å². The molecule has 1 amide bonds. The lowest BCUT2D eigenvalue weighted by Gasteiger charge is -2.16. The molecule has 0 bridgehead atoms. The number of carbonyl (C=O) groups excluding carboxylic acids is 1. The fraction of sp³-hybridized carbons (Fsp3) is 0.615. The maximum absolute atomic E-state index is 11.7. The standard InChI is InChI=1S/C13H22N2O2/c1-10(2)5-12(7-14)6-13(16)15-8-11-3-4-17-9-11/h3-4,9-10,12H,5-8,14H2,1-2H3,(H,15,16). The molecular weight excluding hydrogens is 216 g/mol. The van der Waals surface area contributed by atoms with Crippen LogP contribution in [0.2, 0.25) is 0 Å². The minimum absolute atomic E-state index is 0.0577. The topological polar surface area (TPSA) is 68.3 Å². The lowest BCUT2D eigenvalue weighted by Crippen LogP contribution is -2.28. The number of furan rings is 1. The zero-order valence-electron chi connectivity index (χ0n) is 10.6. The quantitative estimate of drug-likeness (QED) is 0.762. The Morgan fingerprint density at radius 1 is 1.53 bits per heavy atom. The second-order valence-electron chi connectivity index (χ2n) is 4.84. The van der Waals surface area contributed by atoms with Crippen molar-refractivity contribution in [3.8, 4) is 0 Å². The summed E-state index contributed by atoms with van der Waals surface area (Å²) in [4.78, 5) is 11.7. The SMILES string of the molecule is CC(C)CC(CN)CC(=O)NCc1ccoc1. The van der Waals surface area contributed by atoms with Gasteiger partial charge in [-0.1, -0.05) is 13.8 Å². The van der Waals surface area contributed by atoms with Gasteiger partial charge in [-0.2, -0.15) is 0 Å². The highest BCUT2D eigenvalue weighted by molar-refractivity contribution is 5.76. The second kappa shape index (κ2) is 7.12. The third-order valence-corrected chi connectivity index (χ3v) is 2.68. The van der Waals surface area contributed by atoms with E-state index < -0.39 is 0 Å². The largest absolute Gasteiger partial charge is 0.472 e. The van der Waals surface area contributed by atoms with Crippen molar-refractivity contribution >= 4 is 5.91 Å². The van der Waals surface area contributed by atoms with E-state index in [2.05, 4.69) is 19.2 Å². The summed E-state index contributed by atoms with van der Waals surface area (Å²) in [5, 5.41) is 2.87. The molecule has 0 aliphatic heterocycles. The van der Waals surface area contributed by atoms with Crippen LogP contribution in [0.15, 0.2) is 23.0 Å². The lowest BCUT2D eigenvalue weighted by molar-refractivity contribution is -0.122. The third-order valence-electron chi connectivity index (χ3n) is 2.68. The van der Waals surface area contributed by atoms with Crippen LogP contribution < -0.4 is 11.1 Å². The molecule has 17 heavy (non-hydrogen) atoms. The van der Waals surface area contributed by atoms with Gasteiger partial charge in [-0.15, -0.1) is 0 Å². The van der Waals surface area contributed by atoms with E-state index in [-0.39, 0.29) is 11.8 Å². The summed E-state index contributed by atoms with van der Waals surface area (Å²) >= 11 is 0. The Morgan fingerprint density at radius 3 is 2.82 bits per heavy atom. The molecule has 1 aromatic rings. The Hall–Kier alpha value is -1.29. The van der Waals surface area contributed by atoms with Gasteiger partial charge < -0.3 is 15.5 Å². The molecule has 4 nitrogen and oxygen atoms in total. The van der Waals surface area contributed by atoms with Gasteiger partial charge in [0.25, 0.3) is 0 Å². The fourth-order valence-electron chi connectivity index (χ4n) is 1.86. The van der Waals surface area contributed by atoms with Crippen molar-refractivity contribution in [2.24, 2.45) is 17.6 Å². The van der Waals surface area contributed by atoms with E-state index in [1.54, 1.807) is 12.5 Å². The number of hydrogen-bond donors (Lipinski definition) is 2. The highest BCUT2D eigenvalue weighted by Crippen LogP contribution is 2.14. The molecule has 1 heterocycles. The van der Waals surface area contributed by atoms with Gasteiger partial charge in [-0.05, 0) is 30.9 Å². The third kappa shape index (κ3) is 5.54. The van der Waals surface area contributed by atoms with Gasteiger partial charge in [0, 0.05) is 18.5 Å². The van der Waals surface area contributed by atoms with Gasteiger partial charge in [0.1, 0.15) is 0 Å². The number of rotatable bonds is 7. The number of nitrogens with one attached hydrogen (secondary N) is 1. The summed E-state index contributed by atoms with van der Waals surface area (Å²) < 4.78 is 4.93. The van der Waals surface area contributed by atoms with Crippen LogP contribution in [0.5, 0.6) is 0 Å². The molecule has 1 rings (SSSR count). The number of carbonyl (C=O) groups is 1. The lowest BCUT2D eigenvalue weighted by atomic mass is 9.94. The van der Waals surface area contributed by atoms with Crippen LogP contribution >= 0.6 is 0 Å². The number of hydrogen-bond acceptors (Lipinski definition) is 3. The van der Waals surface area contributed by atoms with E-state index in [0.29, 0.717) is 25.4 Å². The Morgan fingerprint density at radius 2 is 2.29 bits per heavy atom. The summed E-state index contributed by atoms with van der Waals surface area (Å²) in [6, 6.07) is 1.84. The first kappa shape index (κ1) is 13.8. The Balaban J connectivity index is 2.27. The predicted octanol–water partition coefficient (Wildman–Crippen LogP) is 1.91. The maximum Gasteiger partial charge on any atom is 0.220 e. The molecule has 1 atom stereocenters. The van der Waals surface area contributed by atoms with Crippen LogP contribution in [0.25, 0.3) is 0 Å². The van der Waals surface area contributed by atoms with Crippen molar-refractivity contribution in [1.82, 2.24) is 5.32 Å². The zero-order valence-corrected chi connectivity index (χ0v) is 10.6. The average Bonchev–Trinajstić information content (AvgIpc) is 2.77. The van der Waals surface area contributed by atoms with Crippen LogP contribution in [0.1, 0.15) is 32.3 Å². The van der Waals surface area contributed by atoms with E-state index in [1.165, 1.54) is 0 Å². The Labute approximate surface area is 103 Å². The minimum atomic E-state index is 0.0577. The van der Waals surface area contributed by atoms with Crippen LogP contribution in [-0.2, 0) is 11.3 Å². The summed E-state index contributed by atoms with van der Waals surface area (Å²) in [5.74, 6) is 0.909. The van der Waals surface area contributed by atoms with Gasteiger partial charge in [0.15, 0.2) is 0 Å². The maximum atomic E-state index is 11.7. The first-order chi connectivity index (χ1) is 8.11. The van der Waals surface area contributed by atoms with Crippen molar-refractivity contribution in [3.63, 3.8) is 0 Å². The van der Waals surface area contributed by atoms with Gasteiger partial charge >= 0.3 is 0 Å². The molecule has 1 unspecified atom stereocenters. The monoisotopic (exact) mass is 238 g/mol. The zero-order chi connectivity index (χ0) is 12.7. The molecule has 4 heteroatoms. The second-order valence-corrected chi connectivity index (χ2v) is 4.84. The first-order valence-corrected chi connectivity index (χ1v) is 6.09. The number of nitrogens with two attached hydrogens (primary N) is 1. The van der Waals surface area contributed by atoms with Crippen LogP contribution in [0.4, 0.5) is 0 Å². The highest BCUT2D eigenvalue weighted by Gasteiger charge is 2.13. The molecule has 0 saturated carbocycles. The molecule has 96 valence electrons.